The van der Waals surface area contributed by atoms with E-state index in [9.17, 15) is 19.1 Å². The van der Waals surface area contributed by atoms with E-state index in [2.05, 4.69) is 14.9 Å². The number of likely N-dealkylation sites (N-methyl/N-ethyl adjacent to an activating group) is 1. The van der Waals surface area contributed by atoms with Crippen molar-refractivity contribution < 1.29 is 9.50 Å². The second kappa shape index (κ2) is 7.24. The summed E-state index contributed by atoms with van der Waals surface area (Å²) in [5.41, 5.74) is 1.81. The van der Waals surface area contributed by atoms with Crippen molar-refractivity contribution in [2.24, 2.45) is 0 Å². The van der Waals surface area contributed by atoms with E-state index in [1.165, 1.54) is 24.3 Å². The summed E-state index contributed by atoms with van der Waals surface area (Å²) in [5.74, 6) is -0.914. The zero-order chi connectivity index (χ0) is 21.7. The van der Waals surface area contributed by atoms with E-state index < -0.39 is 29.0 Å². The molecule has 3 N–H and O–H groups in total. The van der Waals surface area contributed by atoms with Gasteiger partial charge in [0.05, 0.1) is 11.7 Å². The van der Waals surface area contributed by atoms with Crippen LogP contribution in [0.25, 0.3) is 16.6 Å². The number of rotatable bonds is 3. The van der Waals surface area contributed by atoms with Crippen LogP contribution in [0, 0.1) is 5.82 Å². The van der Waals surface area contributed by atoms with E-state index >= 15 is 0 Å². The number of benzene rings is 2. The number of aromatic amines is 2. The minimum atomic E-state index is -0.784. The number of para-hydroxylation sites is 1. The average Bonchev–Trinajstić information content (AvgIpc) is 3.14. The van der Waals surface area contributed by atoms with Crippen LogP contribution >= 0.6 is 0 Å². The van der Waals surface area contributed by atoms with Crippen LogP contribution < -0.4 is 11.2 Å². The summed E-state index contributed by atoms with van der Waals surface area (Å²) < 4.78 is 14.4. The fourth-order valence-corrected chi connectivity index (χ4v) is 4.57. The van der Waals surface area contributed by atoms with Gasteiger partial charge in [0.2, 0.25) is 5.88 Å². The second-order valence-corrected chi connectivity index (χ2v) is 7.65. The van der Waals surface area contributed by atoms with Gasteiger partial charge in [-0.05, 0) is 48.9 Å². The molecule has 1 unspecified atom stereocenters. The Balaban J connectivity index is 1.78. The molecule has 0 bridgehead atoms. The fourth-order valence-electron chi connectivity index (χ4n) is 4.57. The Morgan fingerprint density at radius 3 is 2.58 bits per heavy atom. The zero-order valence-electron chi connectivity index (χ0n) is 16.9. The highest BCUT2D eigenvalue weighted by Gasteiger charge is 2.35. The Hall–Kier alpha value is -3.65. The summed E-state index contributed by atoms with van der Waals surface area (Å²) in [6.07, 6.45) is 0.806. The smallest absolute Gasteiger partial charge is 0.335 e. The first-order valence-electron chi connectivity index (χ1n) is 10.2. The number of H-pyrrole nitrogens is 2. The Morgan fingerprint density at radius 1 is 1.10 bits per heavy atom. The lowest BCUT2D eigenvalue weighted by Gasteiger charge is -2.35. The molecule has 1 aliphatic heterocycles. The molecule has 0 saturated heterocycles. The van der Waals surface area contributed by atoms with E-state index in [1.54, 1.807) is 0 Å². The van der Waals surface area contributed by atoms with Crippen molar-refractivity contribution in [1.29, 1.82) is 0 Å². The van der Waals surface area contributed by atoms with Gasteiger partial charge in [0.15, 0.2) is 0 Å². The summed E-state index contributed by atoms with van der Waals surface area (Å²) in [6.45, 7) is 3.33. The SMILES string of the molecule is CCN1CCc2c([nH]c3ccccc23)C1c1c(O)n(-c2ccc(F)cc2)c(=O)[nH]c1=O. The van der Waals surface area contributed by atoms with Gasteiger partial charge < -0.3 is 10.1 Å². The molecule has 0 aliphatic carbocycles. The second-order valence-electron chi connectivity index (χ2n) is 7.65. The van der Waals surface area contributed by atoms with E-state index in [0.717, 1.165) is 33.1 Å². The first-order valence-corrected chi connectivity index (χ1v) is 10.2. The van der Waals surface area contributed by atoms with Crippen molar-refractivity contribution in [3.8, 4) is 11.6 Å². The number of nitrogens with zero attached hydrogens (tertiary/aromatic N) is 2. The van der Waals surface area contributed by atoms with Crippen LogP contribution in [0.15, 0.2) is 58.1 Å². The van der Waals surface area contributed by atoms with Gasteiger partial charge in [-0.15, -0.1) is 0 Å². The van der Waals surface area contributed by atoms with E-state index in [4.69, 9.17) is 0 Å². The molecule has 0 fully saturated rings. The molecule has 0 spiro atoms. The Kier molecular flexibility index (Phi) is 4.51. The molecule has 2 aromatic carbocycles. The highest BCUT2D eigenvalue weighted by atomic mass is 19.1. The van der Waals surface area contributed by atoms with Gasteiger partial charge in [0.25, 0.3) is 5.56 Å². The van der Waals surface area contributed by atoms with Gasteiger partial charge in [-0.1, -0.05) is 25.1 Å². The van der Waals surface area contributed by atoms with Gasteiger partial charge in [0, 0.05) is 23.1 Å². The van der Waals surface area contributed by atoms with Crippen LogP contribution in [-0.2, 0) is 6.42 Å². The minimum Gasteiger partial charge on any atom is -0.494 e. The van der Waals surface area contributed by atoms with Crippen LogP contribution in [-0.4, -0.2) is 37.6 Å². The molecule has 5 rings (SSSR count). The van der Waals surface area contributed by atoms with Crippen LogP contribution in [0.1, 0.15) is 29.8 Å². The van der Waals surface area contributed by atoms with Crippen molar-refractivity contribution in [2.45, 2.75) is 19.4 Å². The first kappa shape index (κ1) is 19.3. The molecule has 31 heavy (non-hydrogen) atoms. The lowest BCUT2D eigenvalue weighted by molar-refractivity contribution is 0.215. The van der Waals surface area contributed by atoms with Crippen LogP contribution in [0.3, 0.4) is 0 Å². The molecule has 8 heteroatoms. The van der Waals surface area contributed by atoms with Crippen molar-refractivity contribution in [3.05, 3.63) is 92.0 Å². The molecule has 7 nitrogen and oxygen atoms in total. The molecule has 1 aliphatic rings. The summed E-state index contributed by atoms with van der Waals surface area (Å²) in [6, 6.07) is 12.5. The molecule has 158 valence electrons. The molecular formula is C23H21FN4O3. The number of aromatic hydroxyl groups is 1. The largest absolute Gasteiger partial charge is 0.494 e. The summed E-state index contributed by atoms with van der Waals surface area (Å²) >= 11 is 0. The number of halogens is 1. The van der Waals surface area contributed by atoms with Crippen molar-refractivity contribution in [3.63, 3.8) is 0 Å². The van der Waals surface area contributed by atoms with Gasteiger partial charge >= 0.3 is 5.69 Å². The monoisotopic (exact) mass is 420 g/mol. The van der Waals surface area contributed by atoms with Crippen molar-refractivity contribution in [2.75, 3.05) is 13.1 Å². The summed E-state index contributed by atoms with van der Waals surface area (Å²) in [7, 11) is 0. The maximum Gasteiger partial charge on any atom is 0.335 e. The Morgan fingerprint density at radius 2 is 1.84 bits per heavy atom. The van der Waals surface area contributed by atoms with Crippen LogP contribution in [0.5, 0.6) is 5.88 Å². The average molecular weight is 420 g/mol. The number of nitrogens with one attached hydrogen (secondary N) is 2. The molecule has 0 amide bonds. The van der Waals surface area contributed by atoms with Gasteiger partial charge in [0.1, 0.15) is 11.4 Å². The number of aromatic nitrogens is 3. The Labute approximate surface area is 176 Å². The minimum absolute atomic E-state index is 0.0817. The predicted octanol–water partition coefficient (Wildman–Crippen LogP) is 2.82. The van der Waals surface area contributed by atoms with E-state index in [1.807, 2.05) is 31.2 Å². The lowest BCUT2D eigenvalue weighted by atomic mass is 9.93. The molecule has 0 saturated carbocycles. The highest BCUT2D eigenvalue weighted by Crippen LogP contribution is 2.39. The number of hydrogen-bond acceptors (Lipinski definition) is 4. The first-order chi connectivity index (χ1) is 15.0. The molecular weight excluding hydrogens is 399 g/mol. The quantitative estimate of drug-likeness (QED) is 0.475. The Bertz CT molecular complexity index is 1400. The molecule has 2 aromatic heterocycles. The van der Waals surface area contributed by atoms with Gasteiger partial charge in [-0.2, -0.15) is 0 Å². The maximum absolute atomic E-state index is 13.4. The highest BCUT2D eigenvalue weighted by molar-refractivity contribution is 5.85. The fraction of sp³-hybridized carbons (Fsp3) is 0.217. The van der Waals surface area contributed by atoms with Gasteiger partial charge in [-0.3, -0.25) is 14.7 Å². The third kappa shape index (κ3) is 2.98. The molecule has 4 aromatic rings. The van der Waals surface area contributed by atoms with E-state index in [-0.39, 0.29) is 11.3 Å². The normalized spacial score (nSPS) is 16.5. The zero-order valence-corrected chi connectivity index (χ0v) is 16.9. The third-order valence-electron chi connectivity index (χ3n) is 6.02. The van der Waals surface area contributed by atoms with Crippen molar-refractivity contribution in [1.82, 2.24) is 19.4 Å². The van der Waals surface area contributed by atoms with Crippen molar-refractivity contribution >= 4 is 10.9 Å². The van der Waals surface area contributed by atoms with Crippen LogP contribution in [0.4, 0.5) is 4.39 Å². The molecule has 1 atom stereocenters. The summed E-state index contributed by atoms with van der Waals surface area (Å²) in [5, 5.41) is 12.2. The number of hydrogen-bond donors (Lipinski definition) is 3. The lowest BCUT2D eigenvalue weighted by Crippen LogP contribution is -2.41. The van der Waals surface area contributed by atoms with E-state index in [0.29, 0.717) is 13.1 Å². The molecule has 0 radical (unpaired) electrons. The predicted molar refractivity (Wildman–Crippen MR) is 115 cm³/mol. The maximum atomic E-state index is 13.4. The van der Waals surface area contributed by atoms with Gasteiger partial charge in [-0.25, -0.2) is 13.8 Å². The topological polar surface area (TPSA) is 94.1 Å². The van der Waals surface area contributed by atoms with Crippen LogP contribution in [0.2, 0.25) is 0 Å². The summed E-state index contributed by atoms with van der Waals surface area (Å²) in [4.78, 5) is 33.3. The third-order valence-corrected chi connectivity index (χ3v) is 6.02. The standard InChI is InChI=1S/C23H21FN4O3/c1-2-27-12-11-16-15-5-3-4-6-17(15)25-19(16)20(27)18-21(29)26-23(31)28(22(18)30)14-9-7-13(24)8-10-14/h3-10,20,25,30H,2,11-12H2,1H3,(H,26,29,31). The molecule has 3 heterocycles. The number of fused-ring (bicyclic) bond motifs is 3.